The van der Waals surface area contributed by atoms with Crippen molar-refractivity contribution in [3.8, 4) is 0 Å². The molecule has 0 aromatic carbocycles. The van der Waals surface area contributed by atoms with Gasteiger partial charge >= 0.3 is 0 Å². The van der Waals surface area contributed by atoms with E-state index in [0.29, 0.717) is 0 Å². The minimum absolute atomic E-state index is 0.0600. The zero-order valence-corrected chi connectivity index (χ0v) is 11.8. The molecule has 1 aromatic heterocycles. The first-order chi connectivity index (χ1) is 8.73. The highest BCUT2D eigenvalue weighted by molar-refractivity contribution is 5.14. The van der Waals surface area contributed by atoms with Gasteiger partial charge in [-0.1, -0.05) is 19.3 Å². The third-order valence-electron chi connectivity index (χ3n) is 4.10. The zero-order valence-electron chi connectivity index (χ0n) is 11.8. The van der Waals surface area contributed by atoms with Crippen LogP contribution in [0.2, 0.25) is 0 Å². The summed E-state index contributed by atoms with van der Waals surface area (Å²) in [5.74, 6) is 0. The highest BCUT2D eigenvalue weighted by atomic mass is 16.5. The number of likely N-dealkylation sites (N-methyl/N-ethyl adjacent to an activating group) is 1. The molecule has 0 bridgehead atoms. The van der Waals surface area contributed by atoms with Crippen molar-refractivity contribution in [2.45, 2.75) is 50.7 Å². The van der Waals surface area contributed by atoms with Crippen molar-refractivity contribution in [3.05, 3.63) is 18.0 Å². The van der Waals surface area contributed by atoms with Crippen LogP contribution in [0.25, 0.3) is 0 Å². The number of aromatic nitrogens is 2. The minimum Gasteiger partial charge on any atom is -0.373 e. The Bertz CT molecular complexity index is 363. The van der Waals surface area contributed by atoms with E-state index in [-0.39, 0.29) is 11.6 Å². The van der Waals surface area contributed by atoms with Gasteiger partial charge < -0.3 is 10.1 Å². The number of rotatable bonds is 5. The molecule has 0 aliphatic heterocycles. The van der Waals surface area contributed by atoms with Crippen molar-refractivity contribution in [1.29, 1.82) is 0 Å². The van der Waals surface area contributed by atoms with E-state index < -0.39 is 0 Å². The Labute approximate surface area is 110 Å². The molecule has 2 rings (SSSR count). The highest BCUT2D eigenvalue weighted by Gasteiger charge is 2.41. The molecule has 1 atom stereocenters. The van der Waals surface area contributed by atoms with E-state index in [0.717, 1.165) is 19.4 Å². The average molecular weight is 251 g/mol. The van der Waals surface area contributed by atoms with Gasteiger partial charge in [-0.05, 0) is 32.9 Å². The summed E-state index contributed by atoms with van der Waals surface area (Å²) in [5.41, 5.74) is 1.16. The maximum atomic E-state index is 6.20. The van der Waals surface area contributed by atoms with Gasteiger partial charge in [0.25, 0.3) is 0 Å². The normalized spacial score (nSPS) is 20.8. The van der Waals surface area contributed by atoms with Crippen LogP contribution >= 0.6 is 0 Å². The Balaban J connectivity index is 2.29. The summed E-state index contributed by atoms with van der Waals surface area (Å²) in [5, 5.41) is 7.75. The van der Waals surface area contributed by atoms with Gasteiger partial charge in [0.1, 0.15) is 0 Å². The Hall–Kier alpha value is -0.870. The lowest BCUT2D eigenvalue weighted by molar-refractivity contribution is -0.0913. The third-order valence-corrected chi connectivity index (χ3v) is 4.10. The molecule has 4 nitrogen and oxygen atoms in total. The molecule has 1 fully saturated rings. The van der Waals surface area contributed by atoms with E-state index in [1.54, 1.807) is 0 Å². The van der Waals surface area contributed by atoms with Gasteiger partial charge in [-0.25, -0.2) is 0 Å². The molecule has 1 unspecified atom stereocenters. The van der Waals surface area contributed by atoms with Crippen LogP contribution in [0.1, 0.15) is 50.8 Å². The van der Waals surface area contributed by atoms with Gasteiger partial charge in [0.2, 0.25) is 0 Å². The maximum absolute atomic E-state index is 6.20. The third kappa shape index (κ3) is 2.45. The first kappa shape index (κ1) is 13.6. The summed E-state index contributed by atoms with van der Waals surface area (Å²) < 4.78 is 8.15. The average Bonchev–Trinajstić information content (AvgIpc) is 2.78. The van der Waals surface area contributed by atoms with E-state index in [2.05, 4.69) is 23.4 Å². The van der Waals surface area contributed by atoms with Gasteiger partial charge in [0.05, 0.1) is 17.3 Å². The van der Waals surface area contributed by atoms with Gasteiger partial charge in [0, 0.05) is 19.9 Å². The minimum atomic E-state index is -0.0600. The number of nitrogens with one attached hydrogen (secondary N) is 1. The second-order valence-electron chi connectivity index (χ2n) is 5.16. The Morgan fingerprint density at radius 3 is 2.67 bits per heavy atom. The van der Waals surface area contributed by atoms with E-state index in [4.69, 9.17) is 4.74 Å². The second-order valence-corrected chi connectivity index (χ2v) is 5.16. The van der Waals surface area contributed by atoms with Crippen molar-refractivity contribution < 1.29 is 4.74 Å². The molecule has 1 N–H and O–H groups in total. The monoisotopic (exact) mass is 251 g/mol. The van der Waals surface area contributed by atoms with E-state index >= 15 is 0 Å². The highest BCUT2D eigenvalue weighted by Crippen LogP contribution is 2.41. The molecule has 1 heterocycles. The van der Waals surface area contributed by atoms with Gasteiger partial charge in [-0.15, -0.1) is 0 Å². The Kier molecular flexibility index (Phi) is 4.40. The summed E-state index contributed by atoms with van der Waals surface area (Å²) in [4.78, 5) is 0. The fourth-order valence-electron chi connectivity index (χ4n) is 3.30. The summed E-state index contributed by atoms with van der Waals surface area (Å²) >= 11 is 0. The van der Waals surface area contributed by atoms with Crippen molar-refractivity contribution in [3.63, 3.8) is 0 Å². The first-order valence-corrected chi connectivity index (χ1v) is 7.02. The summed E-state index contributed by atoms with van der Waals surface area (Å²) in [6, 6.07) is 2.32. The topological polar surface area (TPSA) is 39.1 Å². The van der Waals surface area contributed by atoms with Crippen LogP contribution in [0.5, 0.6) is 0 Å². The van der Waals surface area contributed by atoms with E-state index in [9.17, 15) is 0 Å². The Morgan fingerprint density at radius 2 is 2.17 bits per heavy atom. The SMILES string of the molecule is CCOC1(C(NC)c2ccnn2C)CCCCC1. The predicted molar refractivity (Wildman–Crippen MR) is 72.5 cm³/mol. The lowest BCUT2D eigenvalue weighted by Gasteiger charge is -2.43. The molecule has 1 aliphatic rings. The van der Waals surface area contributed by atoms with Crippen LogP contribution in [0, 0.1) is 0 Å². The molecule has 1 aliphatic carbocycles. The molecule has 102 valence electrons. The van der Waals surface area contributed by atoms with E-state index in [1.807, 2.05) is 25.0 Å². The number of hydrogen-bond donors (Lipinski definition) is 1. The van der Waals surface area contributed by atoms with Crippen LogP contribution in [-0.2, 0) is 11.8 Å². The van der Waals surface area contributed by atoms with Crippen LogP contribution < -0.4 is 5.32 Å². The van der Waals surface area contributed by atoms with E-state index in [1.165, 1.54) is 25.0 Å². The molecule has 0 radical (unpaired) electrons. The number of nitrogens with zero attached hydrogens (tertiary/aromatic N) is 2. The standard InChI is InChI=1S/C14H25N3O/c1-4-18-14(9-6-5-7-10-14)13(15-2)12-8-11-16-17(12)3/h8,11,13,15H,4-7,9-10H2,1-3H3. The molecule has 4 heteroatoms. The first-order valence-electron chi connectivity index (χ1n) is 7.02. The Morgan fingerprint density at radius 1 is 1.44 bits per heavy atom. The summed E-state index contributed by atoms with van der Waals surface area (Å²) in [6.07, 6.45) is 7.99. The molecule has 0 saturated heterocycles. The summed E-state index contributed by atoms with van der Waals surface area (Å²) in [6.45, 7) is 2.86. The molecule has 18 heavy (non-hydrogen) atoms. The summed E-state index contributed by atoms with van der Waals surface area (Å²) in [7, 11) is 4.02. The molecular formula is C14H25N3O. The van der Waals surface area contributed by atoms with Crippen molar-refractivity contribution in [1.82, 2.24) is 15.1 Å². The van der Waals surface area contributed by atoms with Crippen LogP contribution in [0.3, 0.4) is 0 Å². The van der Waals surface area contributed by atoms with Crippen molar-refractivity contribution in [2.24, 2.45) is 7.05 Å². The molecule has 1 saturated carbocycles. The molecule has 1 aromatic rings. The molecule has 0 spiro atoms. The maximum Gasteiger partial charge on any atom is 0.0891 e. The number of ether oxygens (including phenoxy) is 1. The number of hydrogen-bond acceptors (Lipinski definition) is 3. The van der Waals surface area contributed by atoms with Crippen molar-refractivity contribution in [2.75, 3.05) is 13.7 Å². The molecule has 0 amide bonds. The van der Waals surface area contributed by atoms with Crippen LogP contribution in [-0.4, -0.2) is 29.0 Å². The fourth-order valence-corrected chi connectivity index (χ4v) is 3.30. The lowest BCUT2D eigenvalue weighted by Crippen LogP contribution is -2.47. The van der Waals surface area contributed by atoms with Crippen LogP contribution in [0.4, 0.5) is 0 Å². The van der Waals surface area contributed by atoms with Gasteiger partial charge in [-0.3, -0.25) is 4.68 Å². The smallest absolute Gasteiger partial charge is 0.0891 e. The second kappa shape index (κ2) is 5.85. The van der Waals surface area contributed by atoms with Crippen molar-refractivity contribution >= 4 is 0 Å². The molecular weight excluding hydrogens is 226 g/mol. The van der Waals surface area contributed by atoms with Crippen LogP contribution in [0.15, 0.2) is 12.3 Å². The lowest BCUT2D eigenvalue weighted by atomic mass is 9.78. The zero-order chi connectivity index (χ0) is 13.0. The van der Waals surface area contributed by atoms with Gasteiger partial charge in [0.15, 0.2) is 0 Å². The van der Waals surface area contributed by atoms with Gasteiger partial charge in [-0.2, -0.15) is 5.10 Å². The predicted octanol–water partition coefficient (Wildman–Crippen LogP) is 2.42. The largest absolute Gasteiger partial charge is 0.373 e. The number of aryl methyl sites for hydroxylation is 1. The quantitative estimate of drug-likeness (QED) is 0.873. The fraction of sp³-hybridized carbons (Fsp3) is 0.786.